The van der Waals surface area contributed by atoms with E-state index in [0.29, 0.717) is 6.54 Å². The lowest BCUT2D eigenvalue weighted by atomic mass is 10.2. The monoisotopic (exact) mass is 261 g/mol. The summed E-state index contributed by atoms with van der Waals surface area (Å²) in [5.74, 6) is 0.183. The summed E-state index contributed by atoms with van der Waals surface area (Å²) in [7, 11) is 1.93. The van der Waals surface area contributed by atoms with Crippen LogP contribution in [0, 0.1) is 5.92 Å². The fourth-order valence-corrected chi connectivity index (χ4v) is 1.70. The number of anilines is 1. The lowest BCUT2D eigenvalue weighted by Gasteiger charge is -2.17. The number of hydrogen-bond acceptors (Lipinski definition) is 4. The molecule has 5 nitrogen and oxygen atoms in total. The molecule has 0 spiro atoms. The summed E-state index contributed by atoms with van der Waals surface area (Å²) in [6, 6.07) is 7.77. The van der Waals surface area contributed by atoms with Crippen LogP contribution in [-0.2, 0) is 4.79 Å². The molecule has 1 aliphatic carbocycles. The van der Waals surface area contributed by atoms with Gasteiger partial charge in [0.15, 0.2) is 0 Å². The van der Waals surface area contributed by atoms with Gasteiger partial charge in [-0.25, -0.2) is 5.43 Å². The fourth-order valence-electron chi connectivity index (χ4n) is 1.70. The molecule has 1 aliphatic rings. The Labute approximate surface area is 112 Å². The predicted octanol–water partition coefficient (Wildman–Crippen LogP) is 0.975. The molecule has 2 N–H and O–H groups in total. The average Bonchev–Trinajstić information content (AvgIpc) is 3.24. The highest BCUT2D eigenvalue weighted by Gasteiger charge is 2.29. The first-order chi connectivity index (χ1) is 9.20. The van der Waals surface area contributed by atoms with Crippen LogP contribution < -0.4 is 10.3 Å². The van der Waals surface area contributed by atoms with E-state index in [1.165, 1.54) is 0 Å². The van der Waals surface area contributed by atoms with Crippen molar-refractivity contribution in [3.8, 4) is 0 Å². The maximum absolute atomic E-state index is 11.4. The highest BCUT2D eigenvalue weighted by atomic mass is 16.3. The van der Waals surface area contributed by atoms with Gasteiger partial charge < -0.3 is 10.0 Å². The van der Waals surface area contributed by atoms with E-state index in [2.05, 4.69) is 10.5 Å². The van der Waals surface area contributed by atoms with Crippen molar-refractivity contribution >= 4 is 17.8 Å². The van der Waals surface area contributed by atoms with Crippen LogP contribution in [-0.4, -0.2) is 37.4 Å². The molecule has 1 amide bonds. The third kappa shape index (κ3) is 4.06. The summed E-state index contributed by atoms with van der Waals surface area (Å²) in [6.07, 6.45) is 3.59. The molecule has 0 unspecified atom stereocenters. The number of nitrogens with one attached hydrogen (secondary N) is 1. The number of aliphatic hydroxyl groups excluding tert-OH is 1. The van der Waals surface area contributed by atoms with Gasteiger partial charge in [0.25, 0.3) is 0 Å². The zero-order valence-electron chi connectivity index (χ0n) is 11.0. The molecule has 1 aromatic carbocycles. The van der Waals surface area contributed by atoms with Gasteiger partial charge in [-0.2, -0.15) is 5.10 Å². The highest BCUT2D eigenvalue weighted by molar-refractivity contribution is 5.84. The van der Waals surface area contributed by atoms with E-state index >= 15 is 0 Å². The van der Waals surface area contributed by atoms with E-state index in [4.69, 9.17) is 5.11 Å². The number of nitrogens with zero attached hydrogens (tertiary/aromatic N) is 2. The van der Waals surface area contributed by atoms with Gasteiger partial charge in [0.05, 0.1) is 12.8 Å². The van der Waals surface area contributed by atoms with Crippen molar-refractivity contribution in [3.05, 3.63) is 29.8 Å². The lowest BCUT2D eigenvalue weighted by molar-refractivity contribution is -0.122. The summed E-state index contributed by atoms with van der Waals surface area (Å²) in [6.45, 7) is 0.734. The topological polar surface area (TPSA) is 64.9 Å². The quantitative estimate of drug-likeness (QED) is 0.592. The number of aliphatic hydroxyl groups is 1. The molecule has 0 atom stereocenters. The zero-order valence-corrected chi connectivity index (χ0v) is 11.0. The number of hydrazone groups is 1. The summed E-state index contributed by atoms with van der Waals surface area (Å²) in [5.41, 5.74) is 4.50. The molecule has 0 saturated heterocycles. The smallest absolute Gasteiger partial charge is 0.243 e. The van der Waals surface area contributed by atoms with Crippen molar-refractivity contribution in [2.24, 2.45) is 11.0 Å². The molecule has 0 aliphatic heterocycles. The second-order valence-corrected chi connectivity index (χ2v) is 4.75. The van der Waals surface area contributed by atoms with Crippen molar-refractivity contribution in [1.82, 2.24) is 5.43 Å². The van der Waals surface area contributed by atoms with Gasteiger partial charge in [0.2, 0.25) is 5.91 Å². The molecule has 19 heavy (non-hydrogen) atoms. The Morgan fingerprint density at radius 2 is 2.16 bits per heavy atom. The van der Waals surface area contributed by atoms with Crippen LogP contribution in [0.25, 0.3) is 0 Å². The molecule has 102 valence electrons. The molecule has 1 fully saturated rings. The Bertz CT molecular complexity index is 452. The first-order valence-corrected chi connectivity index (χ1v) is 6.45. The number of benzene rings is 1. The van der Waals surface area contributed by atoms with E-state index in [-0.39, 0.29) is 18.4 Å². The van der Waals surface area contributed by atoms with E-state index < -0.39 is 0 Å². The number of rotatable bonds is 6. The number of carbonyl (C=O) groups is 1. The van der Waals surface area contributed by atoms with Gasteiger partial charge in [-0.3, -0.25) is 4.79 Å². The molecular formula is C14H19N3O2. The first kappa shape index (κ1) is 13.5. The molecule has 1 aromatic rings. The molecule has 0 radical (unpaired) electrons. The average molecular weight is 261 g/mol. The van der Waals surface area contributed by atoms with Crippen LogP contribution in [0.3, 0.4) is 0 Å². The number of hydrogen-bond donors (Lipinski definition) is 2. The van der Waals surface area contributed by atoms with Crippen molar-refractivity contribution < 1.29 is 9.90 Å². The van der Waals surface area contributed by atoms with Crippen molar-refractivity contribution in [2.45, 2.75) is 12.8 Å². The second kappa shape index (κ2) is 6.33. The van der Waals surface area contributed by atoms with Crippen molar-refractivity contribution in [3.63, 3.8) is 0 Å². The van der Waals surface area contributed by atoms with E-state index in [9.17, 15) is 4.79 Å². The Balaban J connectivity index is 1.87. The van der Waals surface area contributed by atoms with E-state index in [1.54, 1.807) is 6.21 Å². The molecule has 5 heteroatoms. The number of amides is 1. The van der Waals surface area contributed by atoms with Crippen LogP contribution in [0.2, 0.25) is 0 Å². The third-order valence-corrected chi connectivity index (χ3v) is 3.11. The maximum atomic E-state index is 11.4. The molecule has 2 rings (SSSR count). The van der Waals surface area contributed by atoms with Gasteiger partial charge in [-0.1, -0.05) is 12.1 Å². The predicted molar refractivity (Wildman–Crippen MR) is 75.3 cm³/mol. The Hall–Kier alpha value is -1.88. The summed E-state index contributed by atoms with van der Waals surface area (Å²) in [4.78, 5) is 13.3. The van der Waals surface area contributed by atoms with Crippen LogP contribution in [0.15, 0.2) is 29.4 Å². The van der Waals surface area contributed by atoms with Crippen LogP contribution in [0.5, 0.6) is 0 Å². The standard InChI is InChI=1S/C14H19N3O2/c1-17(8-9-18)13-6-2-11(3-7-13)10-15-16-14(19)12-4-5-12/h2-3,6-7,10,12,18H,4-5,8-9H2,1H3,(H,16,19)/b15-10-. The fraction of sp³-hybridized carbons (Fsp3) is 0.429. The van der Waals surface area contributed by atoms with E-state index in [0.717, 1.165) is 24.1 Å². The zero-order chi connectivity index (χ0) is 13.7. The minimum atomic E-state index is 0.00977. The van der Waals surface area contributed by atoms with Gasteiger partial charge in [0.1, 0.15) is 0 Å². The first-order valence-electron chi connectivity index (χ1n) is 6.45. The summed E-state index contributed by atoms with van der Waals surface area (Å²) >= 11 is 0. The van der Waals surface area contributed by atoms with Gasteiger partial charge in [0, 0.05) is 25.2 Å². The van der Waals surface area contributed by atoms with Crippen molar-refractivity contribution in [2.75, 3.05) is 25.1 Å². The molecule has 1 saturated carbocycles. The van der Waals surface area contributed by atoms with Crippen LogP contribution in [0.1, 0.15) is 18.4 Å². The molecule has 0 heterocycles. The Morgan fingerprint density at radius 1 is 1.47 bits per heavy atom. The van der Waals surface area contributed by atoms with Gasteiger partial charge in [-0.15, -0.1) is 0 Å². The number of likely N-dealkylation sites (N-methyl/N-ethyl adjacent to an activating group) is 1. The van der Waals surface area contributed by atoms with Crippen LogP contribution in [0.4, 0.5) is 5.69 Å². The maximum Gasteiger partial charge on any atom is 0.243 e. The number of carbonyl (C=O) groups excluding carboxylic acids is 1. The normalized spacial score (nSPS) is 14.6. The molecule has 0 bridgehead atoms. The largest absolute Gasteiger partial charge is 0.395 e. The minimum absolute atomic E-state index is 0.00977. The lowest BCUT2D eigenvalue weighted by Crippen LogP contribution is -2.21. The third-order valence-electron chi connectivity index (χ3n) is 3.11. The summed E-state index contributed by atoms with van der Waals surface area (Å²) in [5, 5.41) is 12.8. The van der Waals surface area contributed by atoms with Crippen molar-refractivity contribution in [1.29, 1.82) is 0 Å². The van der Waals surface area contributed by atoms with Gasteiger partial charge in [-0.05, 0) is 30.5 Å². The van der Waals surface area contributed by atoms with Crippen LogP contribution >= 0.6 is 0 Å². The Kier molecular flexibility index (Phi) is 4.52. The molecular weight excluding hydrogens is 242 g/mol. The second-order valence-electron chi connectivity index (χ2n) is 4.75. The summed E-state index contributed by atoms with van der Waals surface area (Å²) < 4.78 is 0. The SMILES string of the molecule is CN(CCO)c1ccc(/C=N\NC(=O)C2CC2)cc1. The minimum Gasteiger partial charge on any atom is -0.395 e. The van der Waals surface area contributed by atoms with E-state index in [1.807, 2.05) is 36.2 Å². The van der Waals surface area contributed by atoms with Gasteiger partial charge >= 0.3 is 0 Å². The molecule has 0 aromatic heterocycles. The Morgan fingerprint density at radius 3 is 2.74 bits per heavy atom. The highest BCUT2D eigenvalue weighted by Crippen LogP contribution is 2.28.